The predicted molar refractivity (Wildman–Crippen MR) is 39.6 cm³/mol. The molecule has 1 aromatic rings. The van der Waals surface area contributed by atoms with Gasteiger partial charge >= 0.3 is 0 Å². The molecule has 0 radical (unpaired) electrons. The van der Waals surface area contributed by atoms with Crippen LogP contribution in [-0.2, 0) is 0 Å². The van der Waals surface area contributed by atoms with Gasteiger partial charge in [-0.1, -0.05) is 0 Å². The molecular weight excluding hydrogens is 196 g/mol. The molecule has 5 heteroatoms. The number of nitrogens with one attached hydrogen (secondary N) is 1. The summed E-state index contributed by atoms with van der Waals surface area (Å²) in [5.74, 6) is 0. The molecule has 0 aromatic carbocycles. The van der Waals surface area contributed by atoms with Crippen LogP contribution in [0.5, 0.6) is 0 Å². The summed E-state index contributed by atoms with van der Waals surface area (Å²) in [6.07, 6.45) is 1.71. The van der Waals surface area contributed by atoms with Crippen LogP contribution in [0.4, 0.5) is 0 Å². The summed E-state index contributed by atoms with van der Waals surface area (Å²) in [6.45, 7) is 1.97. The van der Waals surface area contributed by atoms with E-state index in [4.69, 9.17) is 0 Å². The summed E-state index contributed by atoms with van der Waals surface area (Å²) >= 11 is 3.24. The summed E-state index contributed by atoms with van der Waals surface area (Å²) < 4.78 is 0.805. The van der Waals surface area contributed by atoms with Gasteiger partial charge in [0.1, 0.15) is 4.60 Å². The molecule has 2 heterocycles. The Morgan fingerprint density at radius 3 is 2.90 bits per heavy atom. The van der Waals surface area contributed by atoms with E-state index in [-0.39, 0.29) is 0 Å². The van der Waals surface area contributed by atoms with Gasteiger partial charge in [0.2, 0.25) is 0 Å². The lowest BCUT2D eigenvalue weighted by molar-refractivity contribution is 0.288. The smallest absolute Gasteiger partial charge is 0.148 e. The maximum Gasteiger partial charge on any atom is 0.148 e. The Morgan fingerprint density at radius 1 is 1.70 bits per heavy atom. The Labute approximate surface area is 66.7 Å². The van der Waals surface area contributed by atoms with Gasteiger partial charge in [0, 0.05) is 13.1 Å². The average molecular weight is 203 g/mol. The molecule has 54 valence electrons. The molecule has 1 aliphatic heterocycles. The molecule has 10 heavy (non-hydrogen) atoms. The summed E-state index contributed by atoms with van der Waals surface area (Å²) in [5.41, 5.74) is 0. The molecule has 0 unspecified atom stereocenters. The lowest BCUT2D eigenvalue weighted by atomic mass is 10.2. The second kappa shape index (κ2) is 2.32. The van der Waals surface area contributed by atoms with Crippen LogP contribution in [0, 0.1) is 0 Å². The maximum absolute atomic E-state index is 4.11. The number of aromatic nitrogens is 3. The Morgan fingerprint density at radius 2 is 2.50 bits per heavy atom. The van der Waals surface area contributed by atoms with E-state index in [0.29, 0.717) is 6.04 Å². The largest absolute Gasteiger partial charge is 0.312 e. The van der Waals surface area contributed by atoms with Crippen molar-refractivity contribution in [1.29, 1.82) is 0 Å². The molecule has 0 spiro atoms. The molecule has 0 aliphatic carbocycles. The van der Waals surface area contributed by atoms with Gasteiger partial charge in [-0.05, 0) is 15.9 Å². The molecule has 2 rings (SSSR count). The number of hydrogen-bond acceptors (Lipinski definition) is 3. The first kappa shape index (κ1) is 6.30. The lowest BCUT2D eigenvalue weighted by Crippen LogP contribution is -2.44. The minimum Gasteiger partial charge on any atom is -0.312 e. The highest BCUT2D eigenvalue weighted by atomic mass is 79.9. The van der Waals surface area contributed by atoms with Crippen molar-refractivity contribution in [3.8, 4) is 0 Å². The van der Waals surface area contributed by atoms with Crippen molar-refractivity contribution < 1.29 is 0 Å². The van der Waals surface area contributed by atoms with Crippen molar-refractivity contribution in [2.24, 2.45) is 0 Å². The van der Waals surface area contributed by atoms with Crippen LogP contribution in [0.1, 0.15) is 6.04 Å². The zero-order valence-corrected chi connectivity index (χ0v) is 6.87. The van der Waals surface area contributed by atoms with Crippen LogP contribution >= 0.6 is 15.9 Å². The fourth-order valence-corrected chi connectivity index (χ4v) is 1.12. The third-order valence-electron chi connectivity index (χ3n) is 1.57. The van der Waals surface area contributed by atoms with Crippen LogP contribution in [0.15, 0.2) is 10.8 Å². The fraction of sp³-hybridized carbons (Fsp3) is 0.600. The summed E-state index contributed by atoms with van der Waals surface area (Å²) in [4.78, 5) is 1.74. The molecule has 0 bridgehead atoms. The van der Waals surface area contributed by atoms with Gasteiger partial charge in [-0.25, -0.2) is 0 Å². The molecular formula is C5H7BrN4. The fourth-order valence-electron chi connectivity index (χ4n) is 0.869. The van der Waals surface area contributed by atoms with E-state index in [2.05, 4.69) is 31.4 Å². The van der Waals surface area contributed by atoms with E-state index >= 15 is 0 Å². The summed E-state index contributed by atoms with van der Waals surface area (Å²) in [7, 11) is 0. The van der Waals surface area contributed by atoms with E-state index in [1.54, 1.807) is 11.0 Å². The van der Waals surface area contributed by atoms with E-state index < -0.39 is 0 Å². The van der Waals surface area contributed by atoms with Gasteiger partial charge < -0.3 is 5.32 Å². The topological polar surface area (TPSA) is 42.7 Å². The molecule has 1 N–H and O–H groups in total. The van der Waals surface area contributed by atoms with E-state index in [1.165, 1.54) is 0 Å². The second-order valence-corrected chi connectivity index (χ2v) is 3.11. The minimum atomic E-state index is 0.464. The van der Waals surface area contributed by atoms with E-state index in [1.807, 2.05) is 0 Å². The third-order valence-corrected chi connectivity index (χ3v) is 1.93. The van der Waals surface area contributed by atoms with Gasteiger partial charge in [-0.2, -0.15) is 9.90 Å². The Bertz CT molecular complexity index is 229. The van der Waals surface area contributed by atoms with Gasteiger partial charge in [-0.3, -0.25) is 0 Å². The molecule has 4 nitrogen and oxygen atoms in total. The first-order valence-corrected chi connectivity index (χ1v) is 3.93. The Kier molecular flexibility index (Phi) is 1.46. The zero-order chi connectivity index (χ0) is 6.97. The molecule has 1 aromatic heterocycles. The monoisotopic (exact) mass is 202 g/mol. The number of rotatable bonds is 1. The summed E-state index contributed by atoms with van der Waals surface area (Å²) in [5, 5.41) is 11.3. The third kappa shape index (κ3) is 0.951. The Balaban J connectivity index is 2.17. The van der Waals surface area contributed by atoms with Crippen molar-refractivity contribution in [3.05, 3.63) is 10.8 Å². The number of halogens is 1. The second-order valence-electron chi connectivity index (χ2n) is 2.30. The average Bonchev–Trinajstić information content (AvgIpc) is 2.10. The molecule has 1 aliphatic rings. The van der Waals surface area contributed by atoms with Crippen LogP contribution in [0.2, 0.25) is 0 Å². The maximum atomic E-state index is 4.11. The minimum absolute atomic E-state index is 0.464. The first-order valence-electron chi connectivity index (χ1n) is 3.14. The van der Waals surface area contributed by atoms with Crippen molar-refractivity contribution in [2.75, 3.05) is 13.1 Å². The first-order chi connectivity index (χ1) is 4.86. The quantitative estimate of drug-likeness (QED) is 0.708. The van der Waals surface area contributed by atoms with Crippen molar-refractivity contribution >= 4 is 15.9 Å². The standard InChI is InChI=1S/C5H7BrN4/c6-5-3-8-10(9-5)4-1-7-2-4/h3-4,7H,1-2H2. The van der Waals surface area contributed by atoms with Gasteiger partial charge in [-0.15, -0.1) is 5.10 Å². The molecule has 1 fully saturated rings. The predicted octanol–water partition coefficient (Wildman–Crippen LogP) is 0.185. The van der Waals surface area contributed by atoms with Crippen molar-refractivity contribution in [2.45, 2.75) is 6.04 Å². The van der Waals surface area contributed by atoms with Gasteiger partial charge in [0.05, 0.1) is 12.2 Å². The van der Waals surface area contributed by atoms with Crippen LogP contribution in [0.3, 0.4) is 0 Å². The number of hydrogen-bond donors (Lipinski definition) is 1. The van der Waals surface area contributed by atoms with Crippen LogP contribution in [-0.4, -0.2) is 28.1 Å². The highest BCUT2D eigenvalue weighted by Gasteiger charge is 2.20. The van der Waals surface area contributed by atoms with Crippen molar-refractivity contribution in [3.63, 3.8) is 0 Å². The normalized spacial score (nSPS) is 18.9. The van der Waals surface area contributed by atoms with Gasteiger partial charge in [0.25, 0.3) is 0 Å². The van der Waals surface area contributed by atoms with E-state index in [9.17, 15) is 0 Å². The molecule has 1 saturated heterocycles. The van der Waals surface area contributed by atoms with E-state index in [0.717, 1.165) is 17.7 Å². The number of nitrogens with zero attached hydrogens (tertiary/aromatic N) is 3. The van der Waals surface area contributed by atoms with Crippen molar-refractivity contribution in [1.82, 2.24) is 20.3 Å². The van der Waals surface area contributed by atoms with Crippen LogP contribution in [0.25, 0.3) is 0 Å². The molecule has 0 saturated carbocycles. The van der Waals surface area contributed by atoms with Gasteiger partial charge in [0.15, 0.2) is 0 Å². The molecule has 0 amide bonds. The highest BCUT2D eigenvalue weighted by Crippen LogP contribution is 2.10. The Hall–Kier alpha value is -0.420. The zero-order valence-electron chi connectivity index (χ0n) is 5.29. The SMILES string of the molecule is Brc1cnn(C2CNC2)n1. The van der Waals surface area contributed by atoms with Crippen LogP contribution < -0.4 is 5.32 Å². The lowest BCUT2D eigenvalue weighted by Gasteiger charge is -2.25. The highest BCUT2D eigenvalue weighted by molar-refractivity contribution is 9.10. The molecule has 0 atom stereocenters. The summed E-state index contributed by atoms with van der Waals surface area (Å²) in [6, 6.07) is 0.464.